The standard InChI is InChI=1S/C12H19NO4S2/c1-6-13(8(2)3)19(15,16)11-9(4)7-18-10(11)12(14)17-5/h7-8H,6H2,1-5H3. The minimum absolute atomic E-state index is 0.0694. The van der Waals surface area contributed by atoms with E-state index >= 15 is 0 Å². The Morgan fingerprint density at radius 2 is 2.05 bits per heavy atom. The lowest BCUT2D eigenvalue weighted by molar-refractivity contribution is 0.0602. The van der Waals surface area contributed by atoms with Crippen LogP contribution in [0.2, 0.25) is 0 Å². The third-order valence-electron chi connectivity index (χ3n) is 2.74. The van der Waals surface area contributed by atoms with E-state index in [0.717, 1.165) is 11.3 Å². The van der Waals surface area contributed by atoms with Crippen LogP contribution in [0, 0.1) is 6.92 Å². The molecule has 0 saturated carbocycles. The molecule has 1 aromatic rings. The molecule has 108 valence electrons. The van der Waals surface area contributed by atoms with Crippen molar-refractivity contribution < 1.29 is 17.9 Å². The molecular formula is C12H19NO4S2. The molecule has 0 aliphatic rings. The predicted molar refractivity (Wildman–Crippen MR) is 75.1 cm³/mol. The first-order chi connectivity index (χ1) is 8.77. The SMILES string of the molecule is CCN(C(C)C)S(=O)(=O)c1c(C)csc1C(=O)OC. The number of esters is 1. The fourth-order valence-corrected chi connectivity index (χ4v) is 5.23. The Hall–Kier alpha value is -0.920. The Morgan fingerprint density at radius 1 is 1.47 bits per heavy atom. The minimum Gasteiger partial charge on any atom is -0.465 e. The smallest absolute Gasteiger partial charge is 0.349 e. The summed E-state index contributed by atoms with van der Waals surface area (Å²) in [6.45, 7) is 7.43. The molecule has 0 N–H and O–H groups in total. The van der Waals surface area contributed by atoms with Crippen LogP contribution in [0.3, 0.4) is 0 Å². The van der Waals surface area contributed by atoms with E-state index in [1.165, 1.54) is 11.4 Å². The second-order valence-electron chi connectivity index (χ2n) is 4.37. The highest BCUT2D eigenvalue weighted by molar-refractivity contribution is 7.89. The first-order valence-corrected chi connectivity index (χ1v) is 8.27. The van der Waals surface area contributed by atoms with Gasteiger partial charge in [0.05, 0.1) is 7.11 Å². The number of carbonyl (C=O) groups is 1. The number of rotatable bonds is 5. The number of aryl methyl sites for hydroxylation is 1. The molecule has 1 aromatic heterocycles. The summed E-state index contributed by atoms with van der Waals surface area (Å²) in [6.07, 6.45) is 0. The highest BCUT2D eigenvalue weighted by Gasteiger charge is 2.33. The highest BCUT2D eigenvalue weighted by atomic mass is 32.2. The van der Waals surface area contributed by atoms with Gasteiger partial charge in [0.25, 0.3) is 0 Å². The summed E-state index contributed by atoms with van der Waals surface area (Å²) in [4.78, 5) is 11.9. The van der Waals surface area contributed by atoms with Crippen molar-refractivity contribution in [1.82, 2.24) is 4.31 Å². The van der Waals surface area contributed by atoms with Gasteiger partial charge in [0.2, 0.25) is 10.0 Å². The molecular weight excluding hydrogens is 286 g/mol. The van der Waals surface area contributed by atoms with Gasteiger partial charge in [-0.25, -0.2) is 13.2 Å². The maximum Gasteiger partial charge on any atom is 0.349 e. The van der Waals surface area contributed by atoms with Crippen molar-refractivity contribution in [2.24, 2.45) is 0 Å². The molecule has 0 spiro atoms. The van der Waals surface area contributed by atoms with Gasteiger partial charge in [0.15, 0.2) is 0 Å². The van der Waals surface area contributed by atoms with Crippen LogP contribution in [0.4, 0.5) is 0 Å². The molecule has 0 aliphatic heterocycles. The normalized spacial score (nSPS) is 12.2. The maximum atomic E-state index is 12.7. The molecule has 1 heterocycles. The summed E-state index contributed by atoms with van der Waals surface area (Å²) in [5, 5.41) is 1.66. The Bertz CT molecular complexity index is 560. The molecule has 7 heteroatoms. The lowest BCUT2D eigenvalue weighted by Crippen LogP contribution is -2.37. The summed E-state index contributed by atoms with van der Waals surface area (Å²) in [5.41, 5.74) is 0.574. The van der Waals surface area contributed by atoms with Crippen molar-refractivity contribution in [3.63, 3.8) is 0 Å². The number of carbonyl (C=O) groups excluding carboxylic acids is 1. The zero-order chi connectivity index (χ0) is 14.8. The van der Waals surface area contributed by atoms with Crippen LogP contribution in [0.15, 0.2) is 10.3 Å². The Morgan fingerprint density at radius 3 is 2.47 bits per heavy atom. The van der Waals surface area contributed by atoms with Crippen molar-refractivity contribution in [2.45, 2.75) is 38.6 Å². The van der Waals surface area contributed by atoms with Crippen molar-refractivity contribution >= 4 is 27.3 Å². The van der Waals surface area contributed by atoms with Crippen LogP contribution in [0.1, 0.15) is 36.0 Å². The van der Waals surface area contributed by atoms with E-state index in [1.807, 2.05) is 0 Å². The summed E-state index contributed by atoms with van der Waals surface area (Å²) >= 11 is 1.09. The Balaban J connectivity index is 3.44. The number of sulfonamides is 1. The molecule has 5 nitrogen and oxygen atoms in total. The van der Waals surface area contributed by atoms with Gasteiger partial charge in [-0.15, -0.1) is 11.3 Å². The number of ether oxygens (including phenoxy) is 1. The molecule has 0 saturated heterocycles. The topological polar surface area (TPSA) is 63.7 Å². The van der Waals surface area contributed by atoms with Crippen LogP contribution in [0.5, 0.6) is 0 Å². The van der Waals surface area contributed by atoms with Gasteiger partial charge in [-0.3, -0.25) is 0 Å². The van der Waals surface area contributed by atoms with E-state index in [-0.39, 0.29) is 15.8 Å². The molecule has 0 fully saturated rings. The van der Waals surface area contributed by atoms with E-state index in [2.05, 4.69) is 4.74 Å². The molecule has 1 rings (SSSR count). The molecule has 0 radical (unpaired) electrons. The van der Waals surface area contributed by atoms with Gasteiger partial charge in [-0.2, -0.15) is 4.31 Å². The van der Waals surface area contributed by atoms with Crippen molar-refractivity contribution in [3.05, 3.63) is 15.8 Å². The van der Waals surface area contributed by atoms with E-state index < -0.39 is 16.0 Å². The Labute approximate surface area is 118 Å². The second kappa shape index (κ2) is 6.02. The lowest BCUT2D eigenvalue weighted by Gasteiger charge is -2.24. The Kier molecular flexibility index (Phi) is 5.11. The van der Waals surface area contributed by atoms with Crippen LogP contribution in [-0.2, 0) is 14.8 Å². The number of nitrogens with zero attached hydrogens (tertiary/aromatic N) is 1. The summed E-state index contributed by atoms with van der Waals surface area (Å²) in [5.74, 6) is -0.614. The fraction of sp³-hybridized carbons (Fsp3) is 0.583. The highest BCUT2D eigenvalue weighted by Crippen LogP contribution is 2.30. The summed E-state index contributed by atoms with van der Waals surface area (Å²) in [7, 11) is -2.44. The third-order valence-corrected chi connectivity index (χ3v) is 6.29. The van der Waals surface area contributed by atoms with E-state index in [0.29, 0.717) is 12.1 Å². The number of hydrogen-bond acceptors (Lipinski definition) is 5. The van der Waals surface area contributed by atoms with E-state index in [1.54, 1.807) is 33.1 Å². The van der Waals surface area contributed by atoms with Crippen LogP contribution in [-0.4, -0.2) is 38.4 Å². The van der Waals surface area contributed by atoms with Gasteiger partial charge < -0.3 is 4.74 Å². The molecule has 0 aromatic carbocycles. The van der Waals surface area contributed by atoms with E-state index in [9.17, 15) is 13.2 Å². The summed E-state index contributed by atoms with van der Waals surface area (Å²) in [6, 6.07) is -0.167. The molecule has 0 atom stereocenters. The predicted octanol–water partition coefficient (Wildman–Crippen LogP) is 2.26. The van der Waals surface area contributed by atoms with Gasteiger partial charge in [-0.1, -0.05) is 6.92 Å². The first kappa shape index (κ1) is 16.1. The van der Waals surface area contributed by atoms with Gasteiger partial charge in [0.1, 0.15) is 9.77 Å². The molecule has 0 unspecified atom stereocenters. The first-order valence-electron chi connectivity index (χ1n) is 5.95. The van der Waals surface area contributed by atoms with Crippen LogP contribution >= 0.6 is 11.3 Å². The second-order valence-corrected chi connectivity index (χ2v) is 7.08. The molecule has 0 bridgehead atoms. The van der Waals surface area contributed by atoms with Gasteiger partial charge >= 0.3 is 5.97 Å². The lowest BCUT2D eigenvalue weighted by atomic mass is 10.3. The average molecular weight is 305 g/mol. The quantitative estimate of drug-likeness (QED) is 0.783. The maximum absolute atomic E-state index is 12.7. The van der Waals surface area contributed by atoms with Crippen molar-refractivity contribution in [2.75, 3.05) is 13.7 Å². The molecule has 0 aliphatic carbocycles. The van der Waals surface area contributed by atoms with Crippen LogP contribution < -0.4 is 0 Å². The van der Waals surface area contributed by atoms with Crippen molar-refractivity contribution in [3.8, 4) is 0 Å². The monoisotopic (exact) mass is 305 g/mol. The zero-order valence-corrected chi connectivity index (χ0v) is 13.4. The van der Waals surface area contributed by atoms with Crippen molar-refractivity contribution in [1.29, 1.82) is 0 Å². The zero-order valence-electron chi connectivity index (χ0n) is 11.8. The third kappa shape index (κ3) is 2.98. The van der Waals surface area contributed by atoms with E-state index in [4.69, 9.17) is 0 Å². The average Bonchev–Trinajstić information content (AvgIpc) is 2.70. The van der Waals surface area contributed by atoms with Gasteiger partial charge in [-0.05, 0) is 31.7 Å². The molecule has 19 heavy (non-hydrogen) atoms. The minimum atomic E-state index is -3.68. The summed E-state index contributed by atoms with van der Waals surface area (Å²) < 4.78 is 31.3. The fourth-order valence-electron chi connectivity index (χ4n) is 1.92. The number of hydrogen-bond donors (Lipinski definition) is 0. The largest absolute Gasteiger partial charge is 0.465 e. The van der Waals surface area contributed by atoms with Gasteiger partial charge in [0, 0.05) is 12.6 Å². The van der Waals surface area contributed by atoms with Crippen LogP contribution in [0.25, 0.3) is 0 Å². The molecule has 0 amide bonds. The number of thiophene rings is 1. The number of methoxy groups -OCH3 is 1.